The molecule has 0 aliphatic rings. The fourth-order valence-electron chi connectivity index (χ4n) is 2.72. The third kappa shape index (κ3) is 9.91. The molecule has 3 unspecified atom stereocenters. The Morgan fingerprint density at radius 3 is 1.96 bits per heavy atom. The molecular formula is C19H36O5. The second-order valence-electron chi connectivity index (χ2n) is 7.86. The van der Waals surface area contributed by atoms with Crippen LogP contribution in [0, 0.1) is 17.3 Å². The van der Waals surface area contributed by atoms with Crippen molar-refractivity contribution in [1.82, 2.24) is 0 Å². The molecular weight excluding hydrogens is 308 g/mol. The molecule has 3 atom stereocenters. The average molecular weight is 344 g/mol. The number of carboxylic acids is 2. The Kier molecular flexibility index (Phi) is 10.9. The zero-order valence-corrected chi connectivity index (χ0v) is 15.8. The minimum absolute atomic E-state index is 0.218. The van der Waals surface area contributed by atoms with Gasteiger partial charge in [0, 0.05) is 0 Å². The normalized spacial score (nSPS) is 15.7. The van der Waals surface area contributed by atoms with Crippen molar-refractivity contribution < 1.29 is 24.9 Å². The Balaban J connectivity index is 3.75. The van der Waals surface area contributed by atoms with E-state index in [1.165, 1.54) is 0 Å². The molecule has 0 aliphatic carbocycles. The Morgan fingerprint density at radius 1 is 0.875 bits per heavy atom. The van der Waals surface area contributed by atoms with E-state index in [-0.39, 0.29) is 17.9 Å². The Labute approximate surface area is 146 Å². The zero-order chi connectivity index (χ0) is 18.8. The van der Waals surface area contributed by atoms with Crippen LogP contribution in [0.1, 0.15) is 85.5 Å². The molecule has 0 aromatic rings. The number of rotatable bonds is 14. The lowest BCUT2D eigenvalue weighted by atomic mass is 9.86. The molecule has 0 aromatic heterocycles. The van der Waals surface area contributed by atoms with Crippen LogP contribution in [0.15, 0.2) is 0 Å². The van der Waals surface area contributed by atoms with Crippen molar-refractivity contribution in [2.24, 2.45) is 17.3 Å². The van der Waals surface area contributed by atoms with Crippen molar-refractivity contribution in [3.63, 3.8) is 0 Å². The van der Waals surface area contributed by atoms with Crippen molar-refractivity contribution >= 4 is 11.9 Å². The van der Waals surface area contributed by atoms with E-state index in [2.05, 4.69) is 0 Å². The number of hydrogen-bond donors (Lipinski definition) is 3. The van der Waals surface area contributed by atoms with Crippen LogP contribution >= 0.6 is 0 Å². The average Bonchev–Trinajstić information content (AvgIpc) is 2.50. The van der Waals surface area contributed by atoms with Crippen LogP contribution < -0.4 is 0 Å². The molecule has 142 valence electrons. The molecule has 0 radical (unpaired) electrons. The van der Waals surface area contributed by atoms with Crippen molar-refractivity contribution in [3.8, 4) is 0 Å². The maximum absolute atomic E-state index is 11.0. The van der Waals surface area contributed by atoms with Crippen LogP contribution in [0.5, 0.6) is 0 Å². The second kappa shape index (κ2) is 11.5. The predicted octanol–water partition coefficient (Wildman–Crippen LogP) is 4.33. The summed E-state index contributed by atoms with van der Waals surface area (Å²) in [5, 5.41) is 28.1. The maximum atomic E-state index is 11.0. The summed E-state index contributed by atoms with van der Waals surface area (Å²) in [5.74, 6) is -1.57. The van der Waals surface area contributed by atoms with Crippen molar-refractivity contribution in [2.45, 2.75) is 91.6 Å². The molecule has 0 fully saturated rings. The van der Waals surface area contributed by atoms with Gasteiger partial charge in [-0.2, -0.15) is 0 Å². The fraction of sp³-hybridized carbons (Fsp3) is 0.895. The number of carbonyl (C=O) groups is 2. The molecule has 5 nitrogen and oxygen atoms in total. The van der Waals surface area contributed by atoms with Crippen LogP contribution in [0.2, 0.25) is 0 Å². The topological polar surface area (TPSA) is 94.8 Å². The molecule has 0 spiro atoms. The number of hydrogen-bond acceptors (Lipinski definition) is 3. The molecule has 0 aliphatic heterocycles. The van der Waals surface area contributed by atoms with Crippen molar-refractivity contribution in [2.75, 3.05) is 0 Å². The third-order valence-electron chi connectivity index (χ3n) is 5.01. The van der Waals surface area contributed by atoms with Gasteiger partial charge in [-0.25, -0.2) is 0 Å². The van der Waals surface area contributed by atoms with Gasteiger partial charge < -0.3 is 15.3 Å². The van der Waals surface area contributed by atoms with Crippen molar-refractivity contribution in [3.05, 3.63) is 0 Å². The van der Waals surface area contributed by atoms with Gasteiger partial charge >= 0.3 is 11.9 Å². The van der Waals surface area contributed by atoms with Gasteiger partial charge in [0.05, 0.1) is 17.4 Å². The van der Waals surface area contributed by atoms with Gasteiger partial charge in [-0.3, -0.25) is 9.59 Å². The lowest BCUT2D eigenvalue weighted by Crippen LogP contribution is -2.23. The first-order chi connectivity index (χ1) is 11.1. The van der Waals surface area contributed by atoms with E-state index >= 15 is 0 Å². The molecule has 0 rings (SSSR count). The summed E-state index contributed by atoms with van der Waals surface area (Å²) in [4.78, 5) is 21.7. The van der Waals surface area contributed by atoms with E-state index < -0.39 is 17.4 Å². The number of unbranched alkanes of at least 4 members (excludes halogenated alkanes) is 3. The lowest BCUT2D eigenvalue weighted by molar-refractivity contribution is -0.147. The van der Waals surface area contributed by atoms with E-state index in [0.29, 0.717) is 12.8 Å². The monoisotopic (exact) mass is 344 g/mol. The first-order valence-electron chi connectivity index (χ1n) is 9.22. The fourth-order valence-corrected chi connectivity index (χ4v) is 2.72. The van der Waals surface area contributed by atoms with Crippen LogP contribution in [-0.4, -0.2) is 33.4 Å². The molecule has 0 amide bonds. The number of aliphatic hydroxyl groups is 1. The molecule has 0 saturated heterocycles. The zero-order valence-electron chi connectivity index (χ0n) is 15.8. The van der Waals surface area contributed by atoms with Gasteiger partial charge in [0.2, 0.25) is 0 Å². The number of aliphatic carboxylic acids is 2. The van der Waals surface area contributed by atoms with Crippen LogP contribution in [-0.2, 0) is 9.59 Å². The van der Waals surface area contributed by atoms with E-state index in [0.717, 1.165) is 44.9 Å². The smallest absolute Gasteiger partial charge is 0.309 e. The first kappa shape index (κ1) is 22.9. The largest absolute Gasteiger partial charge is 0.481 e. The van der Waals surface area contributed by atoms with Gasteiger partial charge in [-0.15, -0.1) is 0 Å². The summed E-state index contributed by atoms with van der Waals surface area (Å²) in [5.41, 5.74) is -0.672. The maximum Gasteiger partial charge on any atom is 0.309 e. The standard InChI is InChI=1S/C19H36O5/c1-14(10-8-9-13-19(3,4)18(23)24)16(20)12-7-5-6-11-15(2)17(21)22/h14-16,20H,5-13H2,1-4H3,(H,21,22)(H,23,24). The summed E-state index contributed by atoms with van der Waals surface area (Å²) in [7, 11) is 0. The molecule has 5 heteroatoms. The Hall–Kier alpha value is -1.10. The van der Waals surface area contributed by atoms with Gasteiger partial charge in [0.1, 0.15) is 0 Å². The first-order valence-corrected chi connectivity index (χ1v) is 9.22. The van der Waals surface area contributed by atoms with Gasteiger partial charge in [-0.05, 0) is 45.4 Å². The predicted molar refractivity (Wildman–Crippen MR) is 94.9 cm³/mol. The summed E-state index contributed by atoms with van der Waals surface area (Å²) >= 11 is 0. The molecule has 3 N–H and O–H groups in total. The summed E-state index contributed by atoms with van der Waals surface area (Å²) in [6, 6.07) is 0. The van der Waals surface area contributed by atoms with Gasteiger partial charge in [0.25, 0.3) is 0 Å². The highest BCUT2D eigenvalue weighted by Gasteiger charge is 2.26. The quantitative estimate of drug-likeness (QED) is 0.408. The molecule has 0 saturated carbocycles. The van der Waals surface area contributed by atoms with Crippen LogP contribution in [0.3, 0.4) is 0 Å². The second-order valence-corrected chi connectivity index (χ2v) is 7.86. The third-order valence-corrected chi connectivity index (χ3v) is 5.01. The Morgan fingerprint density at radius 2 is 1.42 bits per heavy atom. The molecule has 0 aromatic carbocycles. The van der Waals surface area contributed by atoms with Crippen LogP contribution in [0.4, 0.5) is 0 Å². The SMILES string of the molecule is CC(CCCCCC(O)C(C)CCCCC(C)(C)C(=O)O)C(=O)O. The van der Waals surface area contributed by atoms with Crippen molar-refractivity contribution in [1.29, 1.82) is 0 Å². The molecule has 0 heterocycles. The lowest BCUT2D eigenvalue weighted by Gasteiger charge is -2.21. The molecule has 0 bridgehead atoms. The highest BCUT2D eigenvalue weighted by atomic mass is 16.4. The van der Waals surface area contributed by atoms with E-state index in [1.54, 1.807) is 20.8 Å². The summed E-state index contributed by atoms with van der Waals surface area (Å²) in [6.45, 7) is 7.27. The minimum Gasteiger partial charge on any atom is -0.481 e. The Bertz CT molecular complexity index is 378. The highest BCUT2D eigenvalue weighted by molar-refractivity contribution is 5.73. The van der Waals surface area contributed by atoms with E-state index in [1.807, 2.05) is 6.92 Å². The van der Waals surface area contributed by atoms with E-state index in [4.69, 9.17) is 10.2 Å². The number of carboxylic acid groups (broad SMARTS) is 2. The highest BCUT2D eigenvalue weighted by Crippen LogP contribution is 2.25. The summed E-state index contributed by atoms with van der Waals surface area (Å²) in [6.07, 6.45) is 7.25. The summed E-state index contributed by atoms with van der Waals surface area (Å²) < 4.78 is 0. The molecule has 24 heavy (non-hydrogen) atoms. The van der Waals surface area contributed by atoms with Gasteiger partial charge in [-0.1, -0.05) is 46.0 Å². The number of aliphatic hydroxyl groups excluding tert-OH is 1. The van der Waals surface area contributed by atoms with Gasteiger partial charge in [0.15, 0.2) is 0 Å². The van der Waals surface area contributed by atoms with Crippen LogP contribution in [0.25, 0.3) is 0 Å². The van der Waals surface area contributed by atoms with E-state index in [9.17, 15) is 14.7 Å². The minimum atomic E-state index is -0.757.